The Balaban J connectivity index is 3.19. The average Bonchev–Trinajstić information content (AvgIpc) is 2.25. The van der Waals surface area contributed by atoms with Gasteiger partial charge in [0.1, 0.15) is 0 Å². The van der Waals surface area contributed by atoms with Gasteiger partial charge in [-0.15, -0.1) is 0 Å². The number of rotatable bonds is 5. The maximum absolute atomic E-state index is 12.6. The van der Waals surface area contributed by atoms with Gasteiger partial charge in [-0.2, -0.15) is 13.2 Å². The molecule has 0 heterocycles. The van der Waals surface area contributed by atoms with Crippen molar-refractivity contribution in [3.8, 4) is 0 Å². The van der Waals surface area contributed by atoms with Crippen LogP contribution in [0.15, 0.2) is 18.2 Å². The molecule has 1 nitrogen and oxygen atoms in total. The van der Waals surface area contributed by atoms with Crippen LogP contribution in [-0.2, 0) is 12.8 Å². The normalized spacial score (nSPS) is 12.2. The lowest BCUT2D eigenvalue weighted by Gasteiger charge is -2.15. The molecule has 1 aromatic rings. The largest absolute Gasteiger partial charge is 0.454 e. The Hall–Kier alpha value is -1.32. The minimum absolute atomic E-state index is 0.198. The van der Waals surface area contributed by atoms with Crippen molar-refractivity contribution in [1.29, 1.82) is 0 Å². The molecule has 0 spiro atoms. The zero-order valence-corrected chi connectivity index (χ0v) is 12.3. The quantitative estimate of drug-likeness (QED) is 0.709. The third-order valence-corrected chi connectivity index (χ3v) is 2.94. The molecular formula is C16H21F3O. The summed E-state index contributed by atoms with van der Waals surface area (Å²) in [6.07, 6.45) is -3.54. The summed E-state index contributed by atoms with van der Waals surface area (Å²) in [7, 11) is 0. The molecule has 0 atom stereocenters. The fraction of sp³-hybridized carbons (Fsp3) is 0.562. The topological polar surface area (TPSA) is 17.1 Å². The van der Waals surface area contributed by atoms with Gasteiger partial charge in [0.25, 0.3) is 5.78 Å². The molecule has 0 bridgehead atoms. The summed E-state index contributed by atoms with van der Waals surface area (Å²) >= 11 is 0. The van der Waals surface area contributed by atoms with Crippen LogP contribution >= 0.6 is 0 Å². The number of hydrogen-bond acceptors (Lipinski definition) is 1. The first-order chi connectivity index (χ1) is 9.11. The van der Waals surface area contributed by atoms with Crippen LogP contribution in [0.3, 0.4) is 0 Å². The van der Waals surface area contributed by atoms with E-state index in [1.807, 2.05) is 13.8 Å². The minimum Gasteiger partial charge on any atom is -0.284 e. The Morgan fingerprint density at radius 3 is 2.05 bits per heavy atom. The molecule has 0 saturated carbocycles. The van der Waals surface area contributed by atoms with Crippen LogP contribution in [0.5, 0.6) is 0 Å². The molecule has 20 heavy (non-hydrogen) atoms. The molecule has 1 aromatic carbocycles. The zero-order valence-electron chi connectivity index (χ0n) is 12.3. The lowest BCUT2D eigenvalue weighted by molar-refractivity contribution is -0.0885. The fourth-order valence-electron chi connectivity index (χ4n) is 2.23. The van der Waals surface area contributed by atoms with Crippen LogP contribution in [0.2, 0.25) is 0 Å². The summed E-state index contributed by atoms with van der Waals surface area (Å²) in [6.45, 7) is 7.96. The average molecular weight is 286 g/mol. The van der Waals surface area contributed by atoms with Gasteiger partial charge in [0, 0.05) is 5.56 Å². The van der Waals surface area contributed by atoms with Crippen molar-refractivity contribution in [1.82, 2.24) is 0 Å². The summed E-state index contributed by atoms with van der Waals surface area (Å²) in [5.41, 5.74) is 1.27. The van der Waals surface area contributed by atoms with Crippen molar-refractivity contribution in [2.45, 2.75) is 46.7 Å². The summed E-state index contributed by atoms with van der Waals surface area (Å²) in [6, 6.07) is 4.70. The highest BCUT2D eigenvalue weighted by Crippen LogP contribution is 2.26. The molecule has 0 N–H and O–H groups in total. The lowest BCUT2D eigenvalue weighted by atomic mass is 9.91. The van der Waals surface area contributed by atoms with Crippen LogP contribution in [0.4, 0.5) is 13.2 Å². The third kappa shape index (κ3) is 4.66. The first-order valence-electron chi connectivity index (χ1n) is 6.84. The van der Waals surface area contributed by atoms with Gasteiger partial charge in [-0.1, -0.05) is 45.9 Å². The maximum Gasteiger partial charge on any atom is 0.454 e. The number of benzene rings is 1. The van der Waals surface area contributed by atoms with E-state index in [9.17, 15) is 18.0 Å². The number of hydrogen-bond donors (Lipinski definition) is 0. The summed E-state index contributed by atoms with van der Waals surface area (Å²) in [5, 5.41) is 0. The van der Waals surface area contributed by atoms with Gasteiger partial charge in [0.15, 0.2) is 0 Å². The Kier molecular flexibility index (Phi) is 5.37. The van der Waals surface area contributed by atoms with Crippen LogP contribution in [0.25, 0.3) is 0 Å². The number of carbonyl (C=O) groups is 1. The first-order valence-corrected chi connectivity index (χ1v) is 6.84. The molecule has 0 fully saturated rings. The van der Waals surface area contributed by atoms with Crippen LogP contribution in [0, 0.1) is 11.8 Å². The van der Waals surface area contributed by atoms with E-state index in [4.69, 9.17) is 0 Å². The molecule has 0 aliphatic heterocycles. The van der Waals surface area contributed by atoms with Crippen LogP contribution in [-0.4, -0.2) is 12.0 Å². The summed E-state index contributed by atoms with van der Waals surface area (Å²) < 4.78 is 37.8. The molecule has 0 radical (unpaired) electrons. The molecule has 1 rings (SSSR count). The maximum atomic E-state index is 12.6. The monoisotopic (exact) mass is 286 g/mol. The Labute approximate surface area is 118 Å². The zero-order chi connectivity index (χ0) is 15.5. The van der Waals surface area contributed by atoms with Crippen molar-refractivity contribution in [2.75, 3.05) is 0 Å². The van der Waals surface area contributed by atoms with E-state index in [1.165, 1.54) is 6.07 Å². The van der Waals surface area contributed by atoms with E-state index in [0.717, 1.165) is 12.0 Å². The van der Waals surface area contributed by atoms with Gasteiger partial charge in [-0.3, -0.25) is 4.79 Å². The van der Waals surface area contributed by atoms with Crippen molar-refractivity contribution in [2.24, 2.45) is 11.8 Å². The van der Waals surface area contributed by atoms with Gasteiger partial charge in [-0.25, -0.2) is 0 Å². The SMILES string of the molecule is CC(C)Cc1ccc(C(=O)C(F)(F)F)c(CC(C)C)c1. The standard InChI is InChI=1S/C16H21F3O/c1-10(2)7-12-5-6-14(15(20)16(17,18)19)13(9-12)8-11(3)4/h5-6,9-11H,7-8H2,1-4H3. The Morgan fingerprint density at radius 2 is 1.60 bits per heavy atom. The predicted octanol–water partition coefficient (Wildman–Crippen LogP) is 4.83. The van der Waals surface area contributed by atoms with Gasteiger partial charge in [-0.05, 0) is 35.8 Å². The second-order valence-corrected chi connectivity index (χ2v) is 6.01. The smallest absolute Gasteiger partial charge is 0.284 e. The second-order valence-electron chi connectivity index (χ2n) is 6.01. The number of alkyl halides is 3. The molecule has 0 aromatic heterocycles. The van der Waals surface area contributed by atoms with Gasteiger partial charge >= 0.3 is 6.18 Å². The number of carbonyl (C=O) groups excluding carboxylic acids is 1. The van der Waals surface area contributed by atoms with Crippen LogP contribution in [0.1, 0.15) is 49.2 Å². The van der Waals surface area contributed by atoms with E-state index < -0.39 is 12.0 Å². The highest BCUT2D eigenvalue weighted by Gasteiger charge is 2.40. The fourth-order valence-corrected chi connectivity index (χ4v) is 2.23. The molecule has 0 aliphatic rings. The molecule has 0 aliphatic carbocycles. The highest BCUT2D eigenvalue weighted by atomic mass is 19.4. The van der Waals surface area contributed by atoms with E-state index in [2.05, 4.69) is 13.8 Å². The van der Waals surface area contributed by atoms with E-state index in [-0.39, 0.29) is 11.5 Å². The molecule has 4 heteroatoms. The number of Topliss-reactive ketones (excluding diaryl/α,β-unsaturated/α-hetero) is 1. The molecule has 112 valence electrons. The van der Waals surface area contributed by atoms with Crippen LogP contribution < -0.4 is 0 Å². The Morgan fingerprint density at radius 1 is 1.05 bits per heavy atom. The van der Waals surface area contributed by atoms with E-state index in [0.29, 0.717) is 17.9 Å². The van der Waals surface area contributed by atoms with Gasteiger partial charge < -0.3 is 0 Å². The molecular weight excluding hydrogens is 265 g/mol. The van der Waals surface area contributed by atoms with Crippen molar-refractivity contribution < 1.29 is 18.0 Å². The number of halogens is 3. The Bertz CT molecular complexity index is 473. The highest BCUT2D eigenvalue weighted by molar-refractivity contribution is 6.01. The van der Waals surface area contributed by atoms with Gasteiger partial charge in [0.2, 0.25) is 0 Å². The van der Waals surface area contributed by atoms with Crippen molar-refractivity contribution in [3.63, 3.8) is 0 Å². The molecule has 0 amide bonds. The minimum atomic E-state index is -4.81. The summed E-state index contributed by atoms with van der Waals surface area (Å²) in [4.78, 5) is 11.5. The molecule has 0 saturated heterocycles. The lowest BCUT2D eigenvalue weighted by Crippen LogP contribution is -2.24. The van der Waals surface area contributed by atoms with E-state index in [1.54, 1.807) is 12.1 Å². The third-order valence-electron chi connectivity index (χ3n) is 2.94. The second kappa shape index (κ2) is 6.42. The van der Waals surface area contributed by atoms with Crippen molar-refractivity contribution >= 4 is 5.78 Å². The predicted molar refractivity (Wildman–Crippen MR) is 73.9 cm³/mol. The summed E-state index contributed by atoms with van der Waals surface area (Å²) in [5.74, 6) is -1.13. The molecule has 0 unspecified atom stereocenters. The van der Waals surface area contributed by atoms with Crippen molar-refractivity contribution in [3.05, 3.63) is 34.9 Å². The first kappa shape index (κ1) is 16.7. The van der Waals surface area contributed by atoms with E-state index >= 15 is 0 Å². The number of ketones is 1. The van der Waals surface area contributed by atoms with Gasteiger partial charge in [0.05, 0.1) is 0 Å².